The van der Waals surface area contributed by atoms with Crippen LogP contribution >= 0.6 is 15.9 Å². The van der Waals surface area contributed by atoms with E-state index in [1.54, 1.807) is 6.07 Å². The number of nitrogens with zero attached hydrogens (tertiary/aromatic N) is 1. The second kappa shape index (κ2) is 5.64. The van der Waals surface area contributed by atoms with Gasteiger partial charge >= 0.3 is 0 Å². The van der Waals surface area contributed by atoms with E-state index in [4.69, 9.17) is 0 Å². The lowest BCUT2D eigenvalue weighted by Crippen LogP contribution is -2.63. The minimum Gasteiger partial charge on any atom is -0.365 e. The van der Waals surface area contributed by atoms with Crippen molar-refractivity contribution in [2.24, 2.45) is 0 Å². The van der Waals surface area contributed by atoms with E-state index in [-0.39, 0.29) is 11.4 Å². The predicted molar refractivity (Wildman–Crippen MR) is 84.7 cm³/mol. The number of nitrogens with one attached hydrogen (secondary N) is 1. The molecule has 1 saturated heterocycles. The van der Waals surface area contributed by atoms with E-state index in [1.807, 2.05) is 12.1 Å². The summed E-state index contributed by atoms with van der Waals surface area (Å²) in [6.45, 7) is 4.22. The molecule has 1 aromatic carbocycles. The molecule has 1 atom stereocenters. The first kappa shape index (κ1) is 14.3. The van der Waals surface area contributed by atoms with Gasteiger partial charge in [-0.15, -0.1) is 0 Å². The Morgan fingerprint density at radius 3 is 2.80 bits per heavy atom. The molecule has 2 nitrogen and oxygen atoms in total. The number of halogens is 2. The molecule has 0 radical (unpaired) electrons. The summed E-state index contributed by atoms with van der Waals surface area (Å²) in [7, 11) is 0. The monoisotopic (exact) mass is 340 g/mol. The number of piperazine rings is 1. The predicted octanol–water partition coefficient (Wildman–Crippen LogP) is 4.09. The van der Waals surface area contributed by atoms with E-state index in [0.717, 1.165) is 25.2 Å². The zero-order valence-electron chi connectivity index (χ0n) is 12.0. The van der Waals surface area contributed by atoms with Crippen molar-refractivity contribution in [3.63, 3.8) is 0 Å². The van der Waals surface area contributed by atoms with Crippen molar-refractivity contribution >= 4 is 21.6 Å². The molecule has 110 valence electrons. The molecule has 1 aromatic rings. The van der Waals surface area contributed by atoms with Crippen LogP contribution in [0.15, 0.2) is 22.7 Å². The molecule has 3 rings (SSSR count). The Bertz CT molecular complexity index is 485. The van der Waals surface area contributed by atoms with Gasteiger partial charge in [-0.1, -0.05) is 19.8 Å². The van der Waals surface area contributed by atoms with Gasteiger partial charge in [0.15, 0.2) is 0 Å². The summed E-state index contributed by atoms with van der Waals surface area (Å²) in [6.07, 6.45) is 6.21. The highest BCUT2D eigenvalue weighted by Crippen LogP contribution is 2.36. The molecule has 1 N–H and O–H groups in total. The van der Waals surface area contributed by atoms with Crippen LogP contribution in [0, 0.1) is 5.82 Å². The fourth-order valence-corrected chi connectivity index (χ4v) is 3.92. The van der Waals surface area contributed by atoms with E-state index < -0.39 is 0 Å². The molecular formula is C16H22BrFN2. The maximum absolute atomic E-state index is 13.8. The minimum absolute atomic E-state index is 0.170. The molecule has 1 aliphatic carbocycles. The van der Waals surface area contributed by atoms with Gasteiger partial charge in [0, 0.05) is 30.4 Å². The summed E-state index contributed by atoms with van der Waals surface area (Å²) in [5.41, 5.74) is 1.28. The molecule has 1 heterocycles. The van der Waals surface area contributed by atoms with Crippen molar-refractivity contribution in [2.45, 2.75) is 50.6 Å². The maximum atomic E-state index is 13.8. The number of rotatable bonds is 2. The third kappa shape index (κ3) is 2.60. The molecule has 2 fully saturated rings. The second-order valence-electron chi connectivity index (χ2n) is 6.16. The Morgan fingerprint density at radius 2 is 2.15 bits per heavy atom. The SMILES string of the molecule is CCC1CNC2(CCCC2)CN1c1ccc(Br)c(F)c1. The lowest BCUT2D eigenvalue weighted by molar-refractivity contribution is 0.267. The van der Waals surface area contributed by atoms with Gasteiger partial charge in [-0.3, -0.25) is 0 Å². The van der Waals surface area contributed by atoms with Gasteiger partial charge in [-0.25, -0.2) is 4.39 Å². The van der Waals surface area contributed by atoms with Crippen LogP contribution in [-0.2, 0) is 0 Å². The normalized spacial score (nSPS) is 25.4. The summed E-state index contributed by atoms with van der Waals surface area (Å²) in [4.78, 5) is 2.41. The van der Waals surface area contributed by atoms with Crippen molar-refractivity contribution in [3.05, 3.63) is 28.5 Å². The summed E-state index contributed by atoms with van der Waals surface area (Å²) >= 11 is 3.24. The average molecular weight is 341 g/mol. The molecule has 4 heteroatoms. The van der Waals surface area contributed by atoms with Gasteiger partial charge in [0.1, 0.15) is 5.82 Å². The largest absolute Gasteiger partial charge is 0.365 e. The highest BCUT2D eigenvalue weighted by Gasteiger charge is 2.40. The molecule has 1 aliphatic heterocycles. The molecule has 1 saturated carbocycles. The third-order valence-corrected chi connectivity index (χ3v) is 5.54. The van der Waals surface area contributed by atoms with Crippen LogP contribution in [0.4, 0.5) is 10.1 Å². The first-order valence-electron chi connectivity index (χ1n) is 7.60. The molecule has 0 bridgehead atoms. The third-order valence-electron chi connectivity index (χ3n) is 4.89. The number of hydrogen-bond acceptors (Lipinski definition) is 2. The van der Waals surface area contributed by atoms with Gasteiger partial charge in [-0.2, -0.15) is 0 Å². The smallest absolute Gasteiger partial charge is 0.139 e. The molecule has 1 unspecified atom stereocenters. The number of benzene rings is 1. The van der Waals surface area contributed by atoms with Gasteiger partial charge in [-0.05, 0) is 53.4 Å². The van der Waals surface area contributed by atoms with Gasteiger partial charge in [0.25, 0.3) is 0 Å². The lowest BCUT2D eigenvalue weighted by Gasteiger charge is -2.47. The van der Waals surface area contributed by atoms with E-state index in [0.29, 0.717) is 10.5 Å². The van der Waals surface area contributed by atoms with Crippen LogP contribution in [0.5, 0.6) is 0 Å². The number of hydrogen-bond donors (Lipinski definition) is 1. The number of anilines is 1. The fourth-order valence-electron chi connectivity index (χ4n) is 3.67. The lowest BCUT2D eigenvalue weighted by atomic mass is 9.91. The van der Waals surface area contributed by atoms with E-state index in [9.17, 15) is 4.39 Å². The Labute approximate surface area is 128 Å². The highest BCUT2D eigenvalue weighted by atomic mass is 79.9. The summed E-state index contributed by atoms with van der Waals surface area (Å²) in [6, 6.07) is 5.98. The van der Waals surface area contributed by atoms with E-state index >= 15 is 0 Å². The van der Waals surface area contributed by atoms with Gasteiger partial charge in [0.2, 0.25) is 0 Å². The summed E-state index contributed by atoms with van der Waals surface area (Å²) in [5, 5.41) is 3.78. The van der Waals surface area contributed by atoms with Gasteiger partial charge in [0.05, 0.1) is 4.47 Å². The first-order valence-corrected chi connectivity index (χ1v) is 8.39. The van der Waals surface area contributed by atoms with E-state index in [2.05, 4.69) is 33.1 Å². The molecular weight excluding hydrogens is 319 g/mol. The quantitative estimate of drug-likeness (QED) is 0.872. The molecule has 1 spiro atoms. The topological polar surface area (TPSA) is 15.3 Å². The Balaban J connectivity index is 1.88. The standard InChI is InChI=1S/C16H22BrFN2/c1-2-12-10-19-16(7-3-4-8-16)11-20(12)13-5-6-14(17)15(18)9-13/h5-6,9,12,19H,2-4,7-8,10-11H2,1H3. The van der Waals surface area contributed by atoms with Crippen LogP contribution < -0.4 is 10.2 Å². The van der Waals surface area contributed by atoms with Crippen molar-refractivity contribution in [1.82, 2.24) is 5.32 Å². The molecule has 0 amide bonds. The van der Waals surface area contributed by atoms with Crippen molar-refractivity contribution in [3.8, 4) is 0 Å². The van der Waals surface area contributed by atoms with Crippen LogP contribution in [-0.4, -0.2) is 24.7 Å². The molecule has 0 aromatic heterocycles. The van der Waals surface area contributed by atoms with Crippen LogP contribution in [0.2, 0.25) is 0 Å². The average Bonchev–Trinajstić information content (AvgIpc) is 2.90. The fraction of sp³-hybridized carbons (Fsp3) is 0.625. The van der Waals surface area contributed by atoms with E-state index in [1.165, 1.54) is 25.7 Å². The Kier molecular flexibility index (Phi) is 4.04. The highest BCUT2D eigenvalue weighted by molar-refractivity contribution is 9.10. The van der Waals surface area contributed by atoms with Crippen molar-refractivity contribution in [1.29, 1.82) is 0 Å². The maximum Gasteiger partial charge on any atom is 0.139 e. The van der Waals surface area contributed by atoms with Crippen LogP contribution in [0.3, 0.4) is 0 Å². The van der Waals surface area contributed by atoms with Crippen molar-refractivity contribution in [2.75, 3.05) is 18.0 Å². The summed E-state index contributed by atoms with van der Waals surface area (Å²) < 4.78 is 14.4. The van der Waals surface area contributed by atoms with Crippen LogP contribution in [0.1, 0.15) is 39.0 Å². The summed E-state index contributed by atoms with van der Waals surface area (Å²) in [5.74, 6) is -0.170. The molecule has 2 aliphatic rings. The molecule has 20 heavy (non-hydrogen) atoms. The van der Waals surface area contributed by atoms with Crippen molar-refractivity contribution < 1.29 is 4.39 Å². The first-order chi connectivity index (χ1) is 9.63. The minimum atomic E-state index is -0.170. The zero-order valence-corrected chi connectivity index (χ0v) is 13.5. The zero-order chi connectivity index (χ0) is 14.2. The Hall–Kier alpha value is -0.610. The second-order valence-corrected chi connectivity index (χ2v) is 7.01. The van der Waals surface area contributed by atoms with Crippen LogP contribution in [0.25, 0.3) is 0 Å². The Morgan fingerprint density at radius 1 is 1.40 bits per heavy atom. The van der Waals surface area contributed by atoms with Gasteiger partial charge < -0.3 is 10.2 Å².